The van der Waals surface area contributed by atoms with Crippen LogP contribution in [0.2, 0.25) is 0 Å². The van der Waals surface area contributed by atoms with Crippen LogP contribution in [0.1, 0.15) is 25.8 Å². The van der Waals surface area contributed by atoms with Crippen LogP contribution in [0.25, 0.3) is 0 Å². The predicted molar refractivity (Wildman–Crippen MR) is 54.1 cm³/mol. The highest BCUT2D eigenvalue weighted by Crippen LogP contribution is 2.25. The molecule has 0 aliphatic rings. The van der Waals surface area contributed by atoms with Crippen molar-refractivity contribution in [2.24, 2.45) is 5.41 Å². The van der Waals surface area contributed by atoms with E-state index in [0.717, 1.165) is 12.0 Å². The zero-order valence-electron chi connectivity index (χ0n) is 8.55. The fourth-order valence-corrected chi connectivity index (χ4v) is 1.34. The van der Waals surface area contributed by atoms with Crippen molar-refractivity contribution in [1.29, 1.82) is 5.26 Å². The van der Waals surface area contributed by atoms with Crippen molar-refractivity contribution < 1.29 is 4.39 Å². The molecule has 1 atom stereocenters. The Kier molecular flexibility index (Phi) is 3.24. The second-order valence-corrected chi connectivity index (χ2v) is 3.83. The Morgan fingerprint density at radius 3 is 2.71 bits per heavy atom. The minimum absolute atomic E-state index is 0.237. The summed E-state index contributed by atoms with van der Waals surface area (Å²) in [5, 5.41) is 8.97. The largest absolute Gasteiger partial charge is 0.207 e. The maximum Gasteiger partial charge on any atom is 0.123 e. The molecule has 1 nitrogen and oxygen atoms in total. The van der Waals surface area contributed by atoms with Gasteiger partial charge in [-0.15, -0.1) is 0 Å². The van der Waals surface area contributed by atoms with E-state index in [1.165, 1.54) is 12.1 Å². The van der Waals surface area contributed by atoms with Gasteiger partial charge in [0.25, 0.3) is 0 Å². The summed E-state index contributed by atoms with van der Waals surface area (Å²) in [6.45, 7) is 3.88. The molecule has 14 heavy (non-hydrogen) atoms. The van der Waals surface area contributed by atoms with Gasteiger partial charge < -0.3 is 0 Å². The molecule has 1 rings (SSSR count). The molecule has 0 saturated carbocycles. The molecule has 0 aromatic heterocycles. The van der Waals surface area contributed by atoms with Crippen LogP contribution in [0.5, 0.6) is 0 Å². The third-order valence-corrected chi connectivity index (χ3v) is 2.53. The van der Waals surface area contributed by atoms with E-state index in [4.69, 9.17) is 5.26 Å². The van der Waals surface area contributed by atoms with Crippen molar-refractivity contribution in [2.45, 2.75) is 26.7 Å². The highest BCUT2D eigenvalue weighted by molar-refractivity contribution is 5.19. The summed E-state index contributed by atoms with van der Waals surface area (Å²) in [4.78, 5) is 0. The first kappa shape index (κ1) is 10.7. The molecule has 0 radical (unpaired) electrons. The number of rotatable bonds is 3. The molecule has 2 heteroatoms. The maximum absolute atomic E-state index is 12.9. The quantitative estimate of drug-likeness (QED) is 0.719. The minimum Gasteiger partial charge on any atom is -0.207 e. The first-order chi connectivity index (χ1) is 6.59. The SMILES string of the molecule is CCC(C)(C#N)Cc1cccc(F)c1. The summed E-state index contributed by atoms with van der Waals surface area (Å²) in [6, 6.07) is 8.71. The van der Waals surface area contributed by atoms with Crippen molar-refractivity contribution >= 4 is 0 Å². The number of hydrogen-bond acceptors (Lipinski definition) is 1. The summed E-state index contributed by atoms with van der Waals surface area (Å²) in [5.41, 5.74) is 0.504. The van der Waals surface area contributed by atoms with Gasteiger partial charge in [-0.05, 0) is 37.5 Å². The number of halogens is 1. The molecule has 0 fully saturated rings. The summed E-state index contributed by atoms with van der Waals surface area (Å²) in [7, 11) is 0. The molecule has 0 N–H and O–H groups in total. The summed E-state index contributed by atoms with van der Waals surface area (Å²) < 4.78 is 12.9. The summed E-state index contributed by atoms with van der Waals surface area (Å²) in [6.07, 6.45) is 1.39. The van der Waals surface area contributed by atoms with Gasteiger partial charge >= 0.3 is 0 Å². The summed E-state index contributed by atoms with van der Waals surface area (Å²) >= 11 is 0. The van der Waals surface area contributed by atoms with Crippen LogP contribution in [0, 0.1) is 22.6 Å². The van der Waals surface area contributed by atoms with Crippen LogP contribution < -0.4 is 0 Å². The lowest BCUT2D eigenvalue weighted by Gasteiger charge is -2.18. The van der Waals surface area contributed by atoms with Gasteiger partial charge in [0.2, 0.25) is 0 Å². The number of nitriles is 1. The van der Waals surface area contributed by atoms with Crippen molar-refractivity contribution in [2.75, 3.05) is 0 Å². The first-order valence-electron chi connectivity index (χ1n) is 4.75. The highest BCUT2D eigenvalue weighted by Gasteiger charge is 2.21. The standard InChI is InChI=1S/C12H14FN/c1-3-12(2,9-14)8-10-5-4-6-11(13)7-10/h4-7H,3,8H2,1-2H3. The van der Waals surface area contributed by atoms with Gasteiger partial charge in [-0.25, -0.2) is 4.39 Å². The Bertz CT molecular complexity index is 354. The van der Waals surface area contributed by atoms with Crippen molar-refractivity contribution in [1.82, 2.24) is 0 Å². The maximum atomic E-state index is 12.9. The lowest BCUT2D eigenvalue weighted by molar-refractivity contribution is 0.422. The van der Waals surface area contributed by atoms with Crippen LogP contribution in [0.4, 0.5) is 4.39 Å². The van der Waals surface area contributed by atoms with Crippen molar-refractivity contribution in [3.05, 3.63) is 35.6 Å². The van der Waals surface area contributed by atoms with E-state index in [2.05, 4.69) is 6.07 Å². The Labute approximate surface area is 84.2 Å². The zero-order valence-corrected chi connectivity index (χ0v) is 8.55. The van der Waals surface area contributed by atoms with Crippen LogP contribution in [0.3, 0.4) is 0 Å². The summed E-state index contributed by atoms with van der Waals surface area (Å²) in [5.74, 6) is -0.237. The van der Waals surface area contributed by atoms with E-state index in [1.54, 1.807) is 6.07 Å². The van der Waals surface area contributed by atoms with Crippen LogP contribution in [0.15, 0.2) is 24.3 Å². The minimum atomic E-state index is -0.381. The third-order valence-electron chi connectivity index (χ3n) is 2.53. The van der Waals surface area contributed by atoms with E-state index >= 15 is 0 Å². The van der Waals surface area contributed by atoms with Gasteiger partial charge in [0, 0.05) is 0 Å². The lowest BCUT2D eigenvalue weighted by atomic mass is 9.83. The molecule has 1 aromatic carbocycles. The zero-order chi connectivity index (χ0) is 10.6. The highest BCUT2D eigenvalue weighted by atomic mass is 19.1. The van der Waals surface area contributed by atoms with Gasteiger partial charge in [-0.1, -0.05) is 19.1 Å². The molecule has 0 heterocycles. The second-order valence-electron chi connectivity index (χ2n) is 3.83. The monoisotopic (exact) mass is 191 g/mol. The average molecular weight is 191 g/mol. The topological polar surface area (TPSA) is 23.8 Å². The molecule has 0 aliphatic carbocycles. The van der Waals surface area contributed by atoms with Gasteiger partial charge in [-0.2, -0.15) is 5.26 Å². The fourth-order valence-electron chi connectivity index (χ4n) is 1.34. The average Bonchev–Trinajstić information content (AvgIpc) is 2.18. The van der Waals surface area contributed by atoms with E-state index < -0.39 is 0 Å². The van der Waals surface area contributed by atoms with Crippen molar-refractivity contribution in [3.63, 3.8) is 0 Å². The van der Waals surface area contributed by atoms with Gasteiger partial charge in [0.05, 0.1) is 11.5 Å². The third kappa shape index (κ3) is 2.56. The van der Waals surface area contributed by atoms with Crippen LogP contribution in [-0.4, -0.2) is 0 Å². The Morgan fingerprint density at radius 2 is 2.21 bits per heavy atom. The van der Waals surface area contributed by atoms with E-state index in [0.29, 0.717) is 6.42 Å². The Morgan fingerprint density at radius 1 is 1.50 bits per heavy atom. The molecule has 0 bridgehead atoms. The molecular formula is C12H14FN. The number of nitrogens with zero attached hydrogens (tertiary/aromatic N) is 1. The lowest BCUT2D eigenvalue weighted by Crippen LogP contribution is -2.15. The van der Waals surface area contributed by atoms with Gasteiger partial charge in [0.1, 0.15) is 5.82 Å². The normalized spacial score (nSPS) is 14.4. The van der Waals surface area contributed by atoms with Crippen LogP contribution in [-0.2, 0) is 6.42 Å². The molecule has 0 aliphatic heterocycles. The Balaban J connectivity index is 2.84. The predicted octanol–water partition coefficient (Wildman–Crippen LogP) is 3.31. The Hall–Kier alpha value is -1.36. The molecule has 1 aromatic rings. The van der Waals surface area contributed by atoms with E-state index in [9.17, 15) is 4.39 Å². The van der Waals surface area contributed by atoms with Crippen molar-refractivity contribution in [3.8, 4) is 6.07 Å². The second kappa shape index (κ2) is 4.23. The fraction of sp³-hybridized carbons (Fsp3) is 0.417. The molecule has 74 valence electrons. The van der Waals surface area contributed by atoms with Gasteiger partial charge in [0.15, 0.2) is 0 Å². The number of hydrogen-bond donors (Lipinski definition) is 0. The molecule has 1 unspecified atom stereocenters. The molecular weight excluding hydrogens is 177 g/mol. The van der Waals surface area contributed by atoms with Gasteiger partial charge in [-0.3, -0.25) is 0 Å². The first-order valence-corrected chi connectivity index (χ1v) is 4.75. The smallest absolute Gasteiger partial charge is 0.123 e. The number of benzene rings is 1. The van der Waals surface area contributed by atoms with E-state index in [1.807, 2.05) is 19.9 Å². The molecule has 0 saturated heterocycles. The molecule has 0 amide bonds. The molecule has 0 spiro atoms. The van der Waals surface area contributed by atoms with E-state index in [-0.39, 0.29) is 11.2 Å². The van der Waals surface area contributed by atoms with Crippen LogP contribution >= 0.6 is 0 Å².